The summed E-state index contributed by atoms with van der Waals surface area (Å²) >= 11 is 1.92. The van der Waals surface area contributed by atoms with Crippen molar-refractivity contribution in [3.8, 4) is 0 Å². The van der Waals surface area contributed by atoms with Crippen molar-refractivity contribution in [1.82, 2.24) is 5.32 Å². The molecule has 0 saturated heterocycles. The van der Waals surface area contributed by atoms with Gasteiger partial charge in [0.1, 0.15) is 0 Å². The normalized spacial score (nSPS) is 12.7. The van der Waals surface area contributed by atoms with Crippen LogP contribution in [0.25, 0.3) is 0 Å². The Labute approximate surface area is 120 Å². The first kappa shape index (κ1) is 14.3. The molecule has 0 saturated carbocycles. The quantitative estimate of drug-likeness (QED) is 0.865. The zero-order valence-electron chi connectivity index (χ0n) is 12.5. The molecule has 19 heavy (non-hydrogen) atoms. The molecule has 1 aromatic carbocycles. The number of aryl methyl sites for hydroxylation is 4. The molecule has 1 N–H and O–H groups in total. The molecule has 0 amide bonds. The third kappa shape index (κ3) is 3.07. The monoisotopic (exact) mass is 273 g/mol. The summed E-state index contributed by atoms with van der Waals surface area (Å²) in [6.45, 7) is 8.82. The van der Waals surface area contributed by atoms with E-state index < -0.39 is 0 Å². The fourth-order valence-corrected chi connectivity index (χ4v) is 3.65. The lowest BCUT2D eigenvalue weighted by Crippen LogP contribution is -2.18. The van der Waals surface area contributed by atoms with Crippen LogP contribution in [0, 0.1) is 27.7 Å². The Morgan fingerprint density at radius 1 is 1.05 bits per heavy atom. The van der Waals surface area contributed by atoms with Crippen molar-refractivity contribution in [3.05, 3.63) is 56.3 Å². The first-order valence-corrected chi connectivity index (χ1v) is 7.64. The highest BCUT2D eigenvalue weighted by Gasteiger charge is 2.15. The molecular weight excluding hydrogens is 250 g/mol. The summed E-state index contributed by atoms with van der Waals surface area (Å²) in [6, 6.07) is 9.30. The van der Waals surface area contributed by atoms with Crippen LogP contribution in [0.2, 0.25) is 0 Å². The minimum absolute atomic E-state index is 0.414. The average molecular weight is 273 g/mol. The van der Waals surface area contributed by atoms with E-state index in [0.717, 1.165) is 6.42 Å². The van der Waals surface area contributed by atoms with Gasteiger partial charge in [0.25, 0.3) is 0 Å². The summed E-state index contributed by atoms with van der Waals surface area (Å²) in [5.74, 6) is 0. The molecule has 2 heteroatoms. The molecule has 1 nitrogen and oxygen atoms in total. The summed E-state index contributed by atoms with van der Waals surface area (Å²) in [7, 11) is 2.06. The topological polar surface area (TPSA) is 12.0 Å². The molecule has 0 fully saturated rings. The average Bonchev–Trinajstić information content (AvgIpc) is 2.69. The SMILES string of the molecule is CNC(Cc1c(C)cccc1C)c1cc(C)c(C)s1. The van der Waals surface area contributed by atoms with Crippen molar-refractivity contribution in [1.29, 1.82) is 0 Å². The van der Waals surface area contributed by atoms with Crippen LogP contribution in [-0.4, -0.2) is 7.05 Å². The molecule has 2 aromatic rings. The Bertz CT molecular complexity index is 529. The first-order valence-electron chi connectivity index (χ1n) is 6.82. The van der Waals surface area contributed by atoms with Gasteiger partial charge in [-0.25, -0.2) is 0 Å². The van der Waals surface area contributed by atoms with Crippen LogP contribution in [0.15, 0.2) is 24.3 Å². The van der Waals surface area contributed by atoms with E-state index >= 15 is 0 Å². The van der Waals surface area contributed by atoms with Crippen LogP contribution in [0.5, 0.6) is 0 Å². The van der Waals surface area contributed by atoms with Crippen LogP contribution < -0.4 is 5.32 Å². The van der Waals surface area contributed by atoms with Crippen molar-refractivity contribution in [2.75, 3.05) is 7.05 Å². The van der Waals surface area contributed by atoms with Gasteiger partial charge in [-0.05, 0) is 69.5 Å². The Kier molecular flexibility index (Phi) is 4.43. The molecule has 0 aliphatic rings. The van der Waals surface area contributed by atoms with E-state index in [1.807, 2.05) is 11.3 Å². The summed E-state index contributed by atoms with van der Waals surface area (Å²) in [4.78, 5) is 2.87. The smallest absolute Gasteiger partial charge is 0.0453 e. The van der Waals surface area contributed by atoms with Crippen LogP contribution in [-0.2, 0) is 6.42 Å². The molecule has 0 spiro atoms. The van der Waals surface area contributed by atoms with Crippen LogP contribution in [0.3, 0.4) is 0 Å². The van der Waals surface area contributed by atoms with Gasteiger partial charge in [-0.3, -0.25) is 0 Å². The maximum atomic E-state index is 3.47. The number of nitrogens with one attached hydrogen (secondary N) is 1. The van der Waals surface area contributed by atoms with Crippen molar-refractivity contribution in [3.63, 3.8) is 0 Å². The van der Waals surface area contributed by atoms with Crippen LogP contribution >= 0.6 is 11.3 Å². The third-order valence-corrected chi connectivity index (χ3v) is 5.20. The van der Waals surface area contributed by atoms with E-state index in [-0.39, 0.29) is 0 Å². The standard InChI is InChI=1S/C17H23NS/c1-11-7-6-8-12(2)15(11)10-16(18-5)17-9-13(3)14(4)19-17/h6-9,16,18H,10H2,1-5H3. The van der Waals surface area contributed by atoms with E-state index in [4.69, 9.17) is 0 Å². The van der Waals surface area contributed by atoms with Crippen LogP contribution in [0.4, 0.5) is 0 Å². The molecule has 1 heterocycles. The minimum atomic E-state index is 0.414. The number of hydrogen-bond acceptors (Lipinski definition) is 2. The van der Waals surface area contributed by atoms with Gasteiger partial charge in [0, 0.05) is 15.8 Å². The molecule has 1 unspecified atom stereocenters. The highest BCUT2D eigenvalue weighted by Crippen LogP contribution is 2.30. The number of likely N-dealkylation sites (N-methyl/N-ethyl adjacent to an activating group) is 1. The van der Waals surface area contributed by atoms with Gasteiger partial charge in [-0.2, -0.15) is 0 Å². The van der Waals surface area contributed by atoms with E-state index in [0.29, 0.717) is 6.04 Å². The number of hydrogen-bond donors (Lipinski definition) is 1. The Hall–Kier alpha value is -1.12. The van der Waals surface area contributed by atoms with Gasteiger partial charge in [0.2, 0.25) is 0 Å². The van der Waals surface area contributed by atoms with Crippen molar-refractivity contribution in [2.24, 2.45) is 0 Å². The Morgan fingerprint density at radius 3 is 2.16 bits per heavy atom. The minimum Gasteiger partial charge on any atom is -0.312 e. The predicted molar refractivity (Wildman–Crippen MR) is 85.2 cm³/mol. The maximum Gasteiger partial charge on any atom is 0.0453 e. The second-order valence-electron chi connectivity index (χ2n) is 5.30. The second kappa shape index (κ2) is 5.89. The Morgan fingerprint density at radius 2 is 1.68 bits per heavy atom. The molecule has 0 aliphatic carbocycles. The molecular formula is C17H23NS. The van der Waals surface area contributed by atoms with Gasteiger partial charge < -0.3 is 5.32 Å². The van der Waals surface area contributed by atoms with Gasteiger partial charge in [0.15, 0.2) is 0 Å². The zero-order chi connectivity index (χ0) is 14.0. The lowest BCUT2D eigenvalue weighted by atomic mass is 9.95. The lowest BCUT2D eigenvalue weighted by molar-refractivity contribution is 0.599. The third-order valence-electron chi connectivity index (χ3n) is 3.93. The summed E-state index contributed by atoms with van der Waals surface area (Å²) in [5.41, 5.74) is 5.67. The lowest BCUT2D eigenvalue weighted by Gasteiger charge is -2.18. The summed E-state index contributed by atoms with van der Waals surface area (Å²) < 4.78 is 0. The van der Waals surface area contributed by atoms with E-state index in [2.05, 4.69) is 64.3 Å². The van der Waals surface area contributed by atoms with E-state index in [9.17, 15) is 0 Å². The molecule has 2 rings (SSSR count). The second-order valence-corrected chi connectivity index (χ2v) is 6.59. The molecule has 1 atom stereocenters. The maximum absolute atomic E-state index is 3.47. The molecule has 0 bridgehead atoms. The van der Waals surface area contributed by atoms with Crippen LogP contribution in [0.1, 0.15) is 38.0 Å². The van der Waals surface area contributed by atoms with E-state index in [1.165, 1.54) is 32.0 Å². The van der Waals surface area contributed by atoms with Crippen molar-refractivity contribution >= 4 is 11.3 Å². The summed E-state index contributed by atoms with van der Waals surface area (Å²) in [6.07, 6.45) is 1.06. The molecule has 0 radical (unpaired) electrons. The van der Waals surface area contributed by atoms with Gasteiger partial charge in [-0.15, -0.1) is 11.3 Å². The summed E-state index contributed by atoms with van der Waals surface area (Å²) in [5, 5.41) is 3.47. The Balaban J connectivity index is 2.29. The number of thiophene rings is 1. The fourth-order valence-electron chi connectivity index (χ4n) is 2.49. The molecule has 1 aromatic heterocycles. The first-order chi connectivity index (χ1) is 9.02. The van der Waals surface area contributed by atoms with Gasteiger partial charge >= 0.3 is 0 Å². The highest BCUT2D eigenvalue weighted by atomic mass is 32.1. The molecule has 102 valence electrons. The number of rotatable bonds is 4. The van der Waals surface area contributed by atoms with Crippen molar-refractivity contribution in [2.45, 2.75) is 40.2 Å². The predicted octanol–water partition coefficient (Wildman–Crippen LogP) is 4.48. The van der Waals surface area contributed by atoms with Gasteiger partial charge in [0.05, 0.1) is 0 Å². The van der Waals surface area contributed by atoms with Gasteiger partial charge in [-0.1, -0.05) is 18.2 Å². The zero-order valence-corrected chi connectivity index (χ0v) is 13.3. The molecule has 0 aliphatic heterocycles. The van der Waals surface area contributed by atoms with E-state index in [1.54, 1.807) is 0 Å². The van der Waals surface area contributed by atoms with Crippen molar-refractivity contribution < 1.29 is 0 Å². The number of benzene rings is 1. The fraction of sp³-hybridized carbons (Fsp3) is 0.412. The highest BCUT2D eigenvalue weighted by molar-refractivity contribution is 7.12. The largest absolute Gasteiger partial charge is 0.312 e.